The van der Waals surface area contributed by atoms with E-state index in [1.807, 2.05) is 13.0 Å². The molecule has 0 saturated carbocycles. The first kappa shape index (κ1) is 42.9. The van der Waals surface area contributed by atoms with Gasteiger partial charge in [0.2, 0.25) is 5.82 Å². The van der Waals surface area contributed by atoms with E-state index in [0.29, 0.717) is 24.4 Å². The maximum absolute atomic E-state index is 11.7. The fourth-order valence-corrected chi connectivity index (χ4v) is 3.63. The number of nitrogens with one attached hydrogen (secondary N) is 2. The van der Waals surface area contributed by atoms with Gasteiger partial charge in [-0.25, -0.2) is 14.8 Å². The number of carbonyl (C=O) groups is 2. The van der Waals surface area contributed by atoms with Crippen LogP contribution in [0.4, 0.5) is 17.3 Å². The van der Waals surface area contributed by atoms with Crippen molar-refractivity contribution < 1.29 is 38.4 Å². The van der Waals surface area contributed by atoms with Crippen molar-refractivity contribution in [2.75, 3.05) is 17.7 Å². The van der Waals surface area contributed by atoms with Crippen molar-refractivity contribution in [2.45, 2.75) is 58.0 Å². The van der Waals surface area contributed by atoms with E-state index in [9.17, 15) is 19.7 Å². The topological polar surface area (TPSA) is 205 Å². The fraction of sp³-hybridized carbons (Fsp3) is 0.417. The summed E-state index contributed by atoms with van der Waals surface area (Å²) in [6.45, 7) is 3.95. The number of carbonyl (C=O) groups excluding carboxylic acids is 6. The third kappa shape index (κ3) is 15.5. The van der Waals surface area contributed by atoms with E-state index in [1.165, 1.54) is 19.2 Å². The van der Waals surface area contributed by atoms with Crippen LogP contribution in [0.25, 0.3) is 0 Å². The molecule has 1 unspecified atom stereocenters. The minimum Gasteiger partial charge on any atom is -0.467 e. The zero-order valence-corrected chi connectivity index (χ0v) is 26.3. The number of halogens is 2. The number of aromatic nitrogens is 2. The molecule has 14 nitrogen and oxygen atoms in total. The van der Waals surface area contributed by atoms with Crippen LogP contribution in [0.15, 0.2) is 24.3 Å². The Morgan fingerprint density at radius 1 is 1.10 bits per heavy atom. The summed E-state index contributed by atoms with van der Waals surface area (Å²) in [5.41, 5.74) is 0.700. The number of pyridine rings is 2. The SMILES string of the molecule is CCCC1Nc2nc(Cl)ccc2CC1=O.CCC[C@H](Nc1nc(Cl)ccc1[N+](=O)[O-])C(=O)OC.O=C=O.O=C=O.S.S. The number of ketones is 1. The quantitative estimate of drug-likeness (QED) is 0.177. The van der Waals surface area contributed by atoms with Crippen LogP contribution in [-0.4, -0.2) is 58.1 Å². The van der Waals surface area contributed by atoms with Crippen molar-refractivity contribution in [3.63, 3.8) is 0 Å². The summed E-state index contributed by atoms with van der Waals surface area (Å²) in [6, 6.07) is 5.34. The molecule has 18 heteroatoms. The molecule has 2 N–H and O–H groups in total. The van der Waals surface area contributed by atoms with Crippen molar-refractivity contribution in [2.24, 2.45) is 0 Å². The summed E-state index contributed by atoms with van der Waals surface area (Å²) in [7, 11) is 1.26. The molecule has 0 bridgehead atoms. The number of nitro groups is 1. The van der Waals surface area contributed by atoms with Gasteiger partial charge in [-0.2, -0.15) is 46.2 Å². The first-order valence-electron chi connectivity index (χ1n) is 11.6. The number of methoxy groups -OCH3 is 1. The molecule has 2 aromatic rings. The van der Waals surface area contributed by atoms with Crippen LogP contribution in [-0.2, 0) is 39.9 Å². The zero-order chi connectivity index (χ0) is 30.7. The Labute approximate surface area is 265 Å². The number of hydrogen-bond donors (Lipinski definition) is 2. The van der Waals surface area contributed by atoms with Crippen LogP contribution < -0.4 is 10.6 Å². The summed E-state index contributed by atoms with van der Waals surface area (Å²) in [5.74, 6) is 0.466. The van der Waals surface area contributed by atoms with Crippen LogP contribution in [0, 0.1) is 10.1 Å². The molecule has 0 fully saturated rings. The molecular weight excluding hydrogens is 637 g/mol. The van der Waals surface area contributed by atoms with Gasteiger partial charge in [0.05, 0.1) is 18.1 Å². The summed E-state index contributed by atoms with van der Waals surface area (Å²) in [4.78, 5) is 74.1. The molecule has 3 rings (SSSR count). The predicted molar refractivity (Wildman–Crippen MR) is 161 cm³/mol. The molecule has 42 heavy (non-hydrogen) atoms. The molecule has 1 aliphatic heterocycles. The van der Waals surface area contributed by atoms with Crippen LogP contribution in [0.1, 0.15) is 45.1 Å². The van der Waals surface area contributed by atoms with Gasteiger partial charge < -0.3 is 15.4 Å². The van der Waals surface area contributed by atoms with E-state index in [0.717, 1.165) is 24.2 Å². The van der Waals surface area contributed by atoms with Gasteiger partial charge in [-0.1, -0.05) is 56.0 Å². The molecule has 0 spiro atoms. The maximum Gasteiger partial charge on any atom is 0.373 e. The average Bonchev–Trinajstić information content (AvgIpc) is 2.90. The summed E-state index contributed by atoms with van der Waals surface area (Å²) in [5, 5.41) is 17.3. The smallest absolute Gasteiger partial charge is 0.373 e. The Bertz CT molecular complexity index is 1220. The van der Waals surface area contributed by atoms with Gasteiger partial charge in [-0.15, -0.1) is 0 Å². The molecule has 3 heterocycles. The van der Waals surface area contributed by atoms with Gasteiger partial charge in [0.1, 0.15) is 22.2 Å². The van der Waals surface area contributed by atoms with Crippen LogP contribution in [0.5, 0.6) is 0 Å². The van der Waals surface area contributed by atoms with E-state index < -0.39 is 16.9 Å². The number of ether oxygens (including phenoxy) is 1. The Morgan fingerprint density at radius 2 is 1.64 bits per heavy atom. The summed E-state index contributed by atoms with van der Waals surface area (Å²) >= 11 is 11.5. The number of esters is 1. The largest absolute Gasteiger partial charge is 0.467 e. The van der Waals surface area contributed by atoms with Crippen molar-refractivity contribution >= 4 is 91.6 Å². The Kier molecular flexibility index (Phi) is 24.7. The molecule has 1 aliphatic rings. The number of hydrogen-bond acceptors (Lipinski definition) is 13. The Morgan fingerprint density at radius 3 is 2.14 bits per heavy atom. The van der Waals surface area contributed by atoms with Crippen molar-refractivity contribution in [1.82, 2.24) is 9.97 Å². The van der Waals surface area contributed by atoms with E-state index in [-0.39, 0.29) is 67.8 Å². The monoisotopic (exact) mass is 667 g/mol. The third-order valence-electron chi connectivity index (χ3n) is 5.00. The number of rotatable bonds is 8. The van der Waals surface area contributed by atoms with E-state index in [2.05, 4.69) is 32.3 Å². The molecule has 2 aromatic heterocycles. The van der Waals surface area contributed by atoms with E-state index in [4.69, 9.17) is 42.4 Å². The van der Waals surface area contributed by atoms with Crippen molar-refractivity contribution in [1.29, 1.82) is 0 Å². The van der Waals surface area contributed by atoms with Crippen molar-refractivity contribution in [3.8, 4) is 0 Å². The minimum absolute atomic E-state index is 0. The number of nitrogens with zero attached hydrogens (tertiary/aromatic N) is 3. The number of anilines is 2. The van der Waals surface area contributed by atoms with E-state index >= 15 is 0 Å². The molecular formula is C24H31Cl2N5O9S2. The summed E-state index contributed by atoms with van der Waals surface area (Å²) < 4.78 is 4.64. The van der Waals surface area contributed by atoms with Crippen LogP contribution >= 0.6 is 50.2 Å². The molecule has 2 atom stereocenters. The molecule has 232 valence electrons. The number of fused-ring (bicyclic) bond motifs is 1. The second kappa shape index (κ2) is 24.1. The van der Waals surface area contributed by atoms with Crippen LogP contribution in [0.3, 0.4) is 0 Å². The molecule has 0 aliphatic carbocycles. The van der Waals surface area contributed by atoms with Gasteiger partial charge in [0.15, 0.2) is 5.78 Å². The van der Waals surface area contributed by atoms with E-state index in [1.54, 1.807) is 6.07 Å². The lowest BCUT2D eigenvalue weighted by Gasteiger charge is -2.24. The third-order valence-corrected chi connectivity index (χ3v) is 5.42. The van der Waals surface area contributed by atoms with Gasteiger partial charge in [0.25, 0.3) is 0 Å². The lowest BCUT2D eigenvalue weighted by molar-refractivity contribution is -0.384. The first-order valence-corrected chi connectivity index (χ1v) is 12.4. The molecule has 0 saturated heterocycles. The minimum atomic E-state index is -0.695. The van der Waals surface area contributed by atoms with Gasteiger partial charge in [-0.05, 0) is 25.0 Å². The highest BCUT2D eigenvalue weighted by molar-refractivity contribution is 7.59. The predicted octanol–water partition coefficient (Wildman–Crippen LogP) is 3.90. The Hall–Kier alpha value is -3.52. The van der Waals surface area contributed by atoms with Crippen LogP contribution in [0.2, 0.25) is 10.3 Å². The average molecular weight is 669 g/mol. The number of Topliss-reactive ketones (excluding diaryl/α,β-unsaturated/α-hetero) is 1. The highest BCUT2D eigenvalue weighted by Crippen LogP contribution is 2.26. The highest BCUT2D eigenvalue weighted by Gasteiger charge is 2.26. The van der Waals surface area contributed by atoms with Crippen molar-refractivity contribution in [3.05, 3.63) is 50.2 Å². The highest BCUT2D eigenvalue weighted by atomic mass is 35.5. The van der Waals surface area contributed by atoms with Gasteiger partial charge in [0, 0.05) is 18.1 Å². The normalized spacial score (nSPS) is 12.7. The lowest BCUT2D eigenvalue weighted by Crippen LogP contribution is -2.35. The lowest BCUT2D eigenvalue weighted by atomic mass is 9.96. The summed E-state index contributed by atoms with van der Waals surface area (Å²) in [6.07, 6.45) is 3.99. The maximum atomic E-state index is 11.7. The fourth-order valence-electron chi connectivity index (χ4n) is 3.34. The second-order valence-corrected chi connectivity index (χ2v) is 8.48. The Balaban J connectivity index is -0.000000593. The second-order valence-electron chi connectivity index (χ2n) is 7.70. The molecule has 0 radical (unpaired) electrons. The molecule has 0 aromatic carbocycles. The standard InChI is InChI=1S/C11H14ClN3O4.C11H13ClN2O.2CO2.2H2S/c1-3-4-7(11(16)19-2)13-10-8(15(17)18)5-6-9(12)14-10;1-2-3-8-9(15)6-7-4-5-10(12)14-11(7)13-8;2*2-1-3;;/h5-7H,3-4H2,1-2H3,(H,13,14);4-5,8H,2-3,6H2,1H3,(H,13,14);;;2*1H2/t7-;;;;;/m0...../s1. The molecule has 0 amide bonds. The van der Waals surface area contributed by atoms with Gasteiger partial charge >= 0.3 is 24.0 Å². The zero-order valence-electron chi connectivity index (χ0n) is 22.8. The van der Waals surface area contributed by atoms with Gasteiger partial charge in [-0.3, -0.25) is 14.9 Å². The first-order chi connectivity index (χ1) is 19.0.